The Balaban J connectivity index is 2.06. The van der Waals surface area contributed by atoms with Crippen LogP contribution in [0.15, 0.2) is 0 Å². The van der Waals surface area contributed by atoms with Gasteiger partial charge in [-0.3, -0.25) is 4.90 Å². The van der Waals surface area contributed by atoms with E-state index < -0.39 is 0 Å². The topological polar surface area (TPSA) is 29.3 Å². The molecule has 0 saturated carbocycles. The zero-order chi connectivity index (χ0) is 13.2. The monoisotopic (exact) mass is 254 g/mol. The third kappa shape index (κ3) is 5.71. The first-order chi connectivity index (χ1) is 8.79. The third-order valence-corrected chi connectivity index (χ3v) is 4.52. The van der Waals surface area contributed by atoms with Crippen LogP contribution >= 0.6 is 0 Å². The standard InChI is InChI=1S/C16H34N2/c1-3-4-5-6-7-8-9-12-18-13-10-11-15(2)16(18)14-17/h15-16H,3-14,17H2,1-2H3. The molecule has 1 heterocycles. The Labute approximate surface area is 114 Å². The summed E-state index contributed by atoms with van der Waals surface area (Å²) in [6, 6.07) is 0.652. The average Bonchev–Trinajstić information content (AvgIpc) is 2.38. The molecule has 0 aromatic rings. The van der Waals surface area contributed by atoms with Gasteiger partial charge in [-0.2, -0.15) is 0 Å². The summed E-state index contributed by atoms with van der Waals surface area (Å²) in [6.45, 7) is 8.05. The number of likely N-dealkylation sites (tertiary alicyclic amines) is 1. The number of nitrogens with two attached hydrogens (primary N) is 1. The maximum absolute atomic E-state index is 5.93. The van der Waals surface area contributed by atoms with Crippen molar-refractivity contribution in [3.63, 3.8) is 0 Å². The van der Waals surface area contributed by atoms with Gasteiger partial charge in [0.2, 0.25) is 0 Å². The maximum atomic E-state index is 5.93. The van der Waals surface area contributed by atoms with Gasteiger partial charge in [0.15, 0.2) is 0 Å². The highest BCUT2D eigenvalue weighted by molar-refractivity contribution is 4.82. The van der Waals surface area contributed by atoms with Gasteiger partial charge in [0.05, 0.1) is 0 Å². The van der Waals surface area contributed by atoms with Gasteiger partial charge in [0.1, 0.15) is 0 Å². The summed E-state index contributed by atoms with van der Waals surface area (Å²) < 4.78 is 0. The highest BCUT2D eigenvalue weighted by atomic mass is 15.2. The average molecular weight is 254 g/mol. The Morgan fingerprint density at radius 1 is 1.06 bits per heavy atom. The van der Waals surface area contributed by atoms with E-state index in [1.807, 2.05) is 0 Å². The molecular formula is C16H34N2. The summed E-state index contributed by atoms with van der Waals surface area (Å²) in [5.74, 6) is 0.799. The second-order valence-corrected chi connectivity index (χ2v) is 6.08. The molecule has 18 heavy (non-hydrogen) atoms. The molecule has 0 aromatic heterocycles. The van der Waals surface area contributed by atoms with E-state index in [0.717, 1.165) is 12.5 Å². The van der Waals surface area contributed by atoms with Crippen LogP contribution in [0.2, 0.25) is 0 Å². The number of hydrogen-bond donors (Lipinski definition) is 1. The van der Waals surface area contributed by atoms with Gasteiger partial charge >= 0.3 is 0 Å². The van der Waals surface area contributed by atoms with Gasteiger partial charge in [-0.15, -0.1) is 0 Å². The fourth-order valence-electron chi connectivity index (χ4n) is 3.27. The second kappa shape index (κ2) is 9.80. The fourth-order valence-corrected chi connectivity index (χ4v) is 3.27. The van der Waals surface area contributed by atoms with Gasteiger partial charge in [-0.25, -0.2) is 0 Å². The molecule has 2 nitrogen and oxygen atoms in total. The van der Waals surface area contributed by atoms with Gasteiger partial charge in [0.25, 0.3) is 0 Å². The molecule has 108 valence electrons. The lowest BCUT2D eigenvalue weighted by molar-refractivity contribution is 0.104. The van der Waals surface area contributed by atoms with Crippen LogP contribution in [-0.2, 0) is 0 Å². The third-order valence-electron chi connectivity index (χ3n) is 4.52. The minimum atomic E-state index is 0.652. The molecule has 2 N–H and O–H groups in total. The van der Waals surface area contributed by atoms with Crippen LogP contribution in [0.1, 0.15) is 71.6 Å². The van der Waals surface area contributed by atoms with Crippen molar-refractivity contribution >= 4 is 0 Å². The minimum Gasteiger partial charge on any atom is -0.329 e. The number of rotatable bonds is 9. The summed E-state index contributed by atoms with van der Waals surface area (Å²) in [5.41, 5.74) is 5.93. The van der Waals surface area contributed by atoms with Gasteiger partial charge in [-0.1, -0.05) is 52.4 Å². The predicted molar refractivity (Wildman–Crippen MR) is 80.8 cm³/mol. The van der Waals surface area contributed by atoms with Crippen molar-refractivity contribution in [2.24, 2.45) is 11.7 Å². The fraction of sp³-hybridized carbons (Fsp3) is 1.00. The molecule has 2 unspecified atom stereocenters. The quantitative estimate of drug-likeness (QED) is 0.634. The van der Waals surface area contributed by atoms with Crippen LogP contribution in [-0.4, -0.2) is 30.6 Å². The molecule has 0 aromatic carbocycles. The first-order valence-corrected chi connectivity index (χ1v) is 8.23. The Kier molecular flexibility index (Phi) is 8.70. The van der Waals surface area contributed by atoms with Crippen LogP contribution in [0.3, 0.4) is 0 Å². The molecule has 0 spiro atoms. The predicted octanol–water partition coefficient (Wildman–Crippen LogP) is 3.80. The van der Waals surface area contributed by atoms with E-state index in [-0.39, 0.29) is 0 Å². The normalized spacial score (nSPS) is 25.5. The van der Waals surface area contributed by atoms with E-state index in [1.165, 1.54) is 70.9 Å². The molecule has 1 fully saturated rings. The van der Waals surface area contributed by atoms with Crippen molar-refractivity contribution in [2.75, 3.05) is 19.6 Å². The van der Waals surface area contributed by atoms with Gasteiger partial charge in [-0.05, 0) is 38.3 Å². The summed E-state index contributed by atoms with van der Waals surface area (Å²) in [4.78, 5) is 2.65. The van der Waals surface area contributed by atoms with E-state index in [1.54, 1.807) is 0 Å². The molecule has 0 bridgehead atoms. The van der Waals surface area contributed by atoms with Gasteiger partial charge < -0.3 is 5.73 Å². The molecule has 2 heteroatoms. The summed E-state index contributed by atoms with van der Waals surface area (Å²) in [5, 5.41) is 0. The lowest BCUT2D eigenvalue weighted by Crippen LogP contribution is -2.48. The molecule has 1 saturated heterocycles. The largest absolute Gasteiger partial charge is 0.329 e. The van der Waals surface area contributed by atoms with Crippen molar-refractivity contribution in [2.45, 2.75) is 77.7 Å². The highest BCUT2D eigenvalue weighted by Crippen LogP contribution is 2.23. The zero-order valence-electron chi connectivity index (χ0n) is 12.7. The molecule has 2 atom stereocenters. The van der Waals surface area contributed by atoms with Crippen LogP contribution in [0.4, 0.5) is 0 Å². The molecule has 0 aliphatic carbocycles. The highest BCUT2D eigenvalue weighted by Gasteiger charge is 2.26. The van der Waals surface area contributed by atoms with E-state index in [9.17, 15) is 0 Å². The number of hydrogen-bond acceptors (Lipinski definition) is 2. The SMILES string of the molecule is CCCCCCCCCN1CCCC(C)C1CN. The van der Waals surface area contributed by atoms with E-state index in [0.29, 0.717) is 6.04 Å². The molecule has 1 aliphatic rings. The van der Waals surface area contributed by atoms with Gasteiger partial charge in [0, 0.05) is 12.6 Å². The first kappa shape index (κ1) is 16.0. The van der Waals surface area contributed by atoms with Crippen LogP contribution in [0, 0.1) is 5.92 Å². The smallest absolute Gasteiger partial charge is 0.0243 e. The van der Waals surface area contributed by atoms with Crippen LogP contribution in [0.5, 0.6) is 0 Å². The summed E-state index contributed by atoms with van der Waals surface area (Å²) >= 11 is 0. The first-order valence-electron chi connectivity index (χ1n) is 8.23. The van der Waals surface area contributed by atoms with E-state index >= 15 is 0 Å². The molecule has 1 rings (SSSR count). The maximum Gasteiger partial charge on any atom is 0.0243 e. The van der Waals surface area contributed by atoms with Crippen molar-refractivity contribution in [3.05, 3.63) is 0 Å². The van der Waals surface area contributed by atoms with Crippen molar-refractivity contribution in [1.29, 1.82) is 0 Å². The Bertz CT molecular complexity index is 194. The Morgan fingerprint density at radius 3 is 2.39 bits per heavy atom. The number of nitrogens with zero attached hydrogens (tertiary/aromatic N) is 1. The number of piperidine rings is 1. The van der Waals surface area contributed by atoms with Crippen LogP contribution in [0.25, 0.3) is 0 Å². The summed E-state index contributed by atoms with van der Waals surface area (Å²) in [6.07, 6.45) is 12.6. The Morgan fingerprint density at radius 2 is 1.72 bits per heavy atom. The molecule has 0 amide bonds. The van der Waals surface area contributed by atoms with Crippen molar-refractivity contribution in [1.82, 2.24) is 4.90 Å². The zero-order valence-corrected chi connectivity index (χ0v) is 12.7. The Hall–Kier alpha value is -0.0800. The van der Waals surface area contributed by atoms with E-state index in [4.69, 9.17) is 5.73 Å². The number of unbranched alkanes of at least 4 members (excludes halogenated alkanes) is 6. The summed E-state index contributed by atoms with van der Waals surface area (Å²) in [7, 11) is 0. The lowest BCUT2D eigenvalue weighted by atomic mass is 9.90. The molecule has 0 radical (unpaired) electrons. The van der Waals surface area contributed by atoms with Crippen molar-refractivity contribution < 1.29 is 0 Å². The minimum absolute atomic E-state index is 0.652. The lowest BCUT2D eigenvalue weighted by Gasteiger charge is -2.39. The molecule has 1 aliphatic heterocycles. The molecular weight excluding hydrogens is 220 g/mol. The van der Waals surface area contributed by atoms with E-state index in [2.05, 4.69) is 18.7 Å². The van der Waals surface area contributed by atoms with Crippen LogP contribution < -0.4 is 5.73 Å². The van der Waals surface area contributed by atoms with Crippen molar-refractivity contribution in [3.8, 4) is 0 Å². The second-order valence-electron chi connectivity index (χ2n) is 6.08.